The van der Waals surface area contributed by atoms with Crippen molar-refractivity contribution >= 4 is 5.91 Å². The van der Waals surface area contributed by atoms with Crippen LogP contribution in [0.1, 0.15) is 25.5 Å². The normalized spacial score (nSPS) is 13.4. The summed E-state index contributed by atoms with van der Waals surface area (Å²) < 4.78 is 5.32. The number of nitriles is 1. The molecule has 0 aromatic heterocycles. The van der Waals surface area contributed by atoms with E-state index in [1.165, 1.54) is 7.11 Å². The molecule has 0 saturated carbocycles. The van der Waals surface area contributed by atoms with Gasteiger partial charge in [-0.05, 0) is 19.4 Å². The van der Waals surface area contributed by atoms with Crippen molar-refractivity contribution in [2.24, 2.45) is 5.92 Å². The van der Waals surface area contributed by atoms with Crippen LogP contribution < -0.4 is 0 Å². The second-order valence-electron chi connectivity index (χ2n) is 4.43. The zero-order valence-electron chi connectivity index (χ0n) is 11.7. The Balaban J connectivity index is 2.86. The summed E-state index contributed by atoms with van der Waals surface area (Å²) in [6.45, 7) is 4.70. The maximum Gasteiger partial charge on any atom is 0.256 e. The minimum absolute atomic E-state index is 0.0988. The Bertz CT molecular complexity index is 439. The Morgan fingerprint density at radius 3 is 2.53 bits per heavy atom. The Hall–Kier alpha value is -1.86. The SMILES string of the molecule is CCN(CC(C)C#N)C(=O)C(OC)c1ccccc1. The molecule has 1 aromatic carbocycles. The number of hydrogen-bond donors (Lipinski definition) is 0. The minimum Gasteiger partial charge on any atom is -0.367 e. The molecule has 102 valence electrons. The third-order valence-electron chi connectivity index (χ3n) is 2.97. The largest absolute Gasteiger partial charge is 0.367 e. The van der Waals surface area contributed by atoms with E-state index in [4.69, 9.17) is 10.00 Å². The first-order valence-corrected chi connectivity index (χ1v) is 6.40. The van der Waals surface area contributed by atoms with Crippen molar-refractivity contribution < 1.29 is 9.53 Å². The number of ether oxygens (including phenoxy) is 1. The number of likely N-dealkylation sites (N-methyl/N-ethyl adjacent to an activating group) is 1. The molecule has 4 nitrogen and oxygen atoms in total. The highest BCUT2D eigenvalue weighted by Gasteiger charge is 2.25. The lowest BCUT2D eigenvalue weighted by molar-refractivity contribution is -0.142. The van der Waals surface area contributed by atoms with E-state index in [0.717, 1.165) is 5.56 Å². The van der Waals surface area contributed by atoms with Crippen LogP contribution in [0.25, 0.3) is 0 Å². The van der Waals surface area contributed by atoms with Crippen LogP contribution in [0.5, 0.6) is 0 Å². The Morgan fingerprint density at radius 1 is 1.42 bits per heavy atom. The molecular weight excluding hydrogens is 240 g/mol. The molecule has 1 rings (SSSR count). The maximum atomic E-state index is 12.4. The van der Waals surface area contributed by atoms with E-state index >= 15 is 0 Å². The summed E-state index contributed by atoms with van der Waals surface area (Å²) in [6.07, 6.45) is -0.605. The van der Waals surface area contributed by atoms with E-state index in [1.807, 2.05) is 37.3 Å². The van der Waals surface area contributed by atoms with Gasteiger partial charge in [-0.25, -0.2) is 0 Å². The molecule has 2 atom stereocenters. The molecule has 0 radical (unpaired) electrons. The average molecular weight is 260 g/mol. The lowest BCUT2D eigenvalue weighted by Crippen LogP contribution is -2.38. The number of benzene rings is 1. The van der Waals surface area contributed by atoms with Crippen molar-refractivity contribution in [3.63, 3.8) is 0 Å². The number of methoxy groups -OCH3 is 1. The average Bonchev–Trinajstić information content (AvgIpc) is 2.46. The molecule has 0 bridgehead atoms. The van der Waals surface area contributed by atoms with Crippen LogP contribution >= 0.6 is 0 Å². The molecule has 0 spiro atoms. The number of nitrogens with zero attached hydrogens (tertiary/aromatic N) is 2. The number of hydrogen-bond acceptors (Lipinski definition) is 3. The van der Waals surface area contributed by atoms with Crippen LogP contribution in [0, 0.1) is 17.2 Å². The minimum atomic E-state index is -0.605. The highest BCUT2D eigenvalue weighted by Crippen LogP contribution is 2.19. The zero-order chi connectivity index (χ0) is 14.3. The fourth-order valence-corrected chi connectivity index (χ4v) is 1.92. The van der Waals surface area contributed by atoms with Gasteiger partial charge in [0.25, 0.3) is 5.91 Å². The summed E-state index contributed by atoms with van der Waals surface area (Å²) in [5.41, 5.74) is 0.832. The lowest BCUT2D eigenvalue weighted by Gasteiger charge is -2.26. The van der Waals surface area contributed by atoms with E-state index in [9.17, 15) is 4.79 Å². The van der Waals surface area contributed by atoms with Gasteiger partial charge in [-0.1, -0.05) is 30.3 Å². The summed E-state index contributed by atoms with van der Waals surface area (Å²) in [5.74, 6) is -0.282. The number of carbonyl (C=O) groups is 1. The molecule has 0 saturated heterocycles. The van der Waals surface area contributed by atoms with Gasteiger partial charge in [-0.15, -0.1) is 0 Å². The van der Waals surface area contributed by atoms with Crippen molar-refractivity contribution in [3.8, 4) is 6.07 Å². The second-order valence-corrected chi connectivity index (χ2v) is 4.43. The molecule has 0 aliphatic heterocycles. The van der Waals surface area contributed by atoms with Gasteiger partial charge in [-0.3, -0.25) is 4.79 Å². The monoisotopic (exact) mass is 260 g/mol. The fourth-order valence-electron chi connectivity index (χ4n) is 1.92. The molecule has 0 fully saturated rings. The van der Waals surface area contributed by atoms with E-state index in [-0.39, 0.29) is 11.8 Å². The second kappa shape index (κ2) is 7.55. The fraction of sp³-hybridized carbons (Fsp3) is 0.467. The van der Waals surface area contributed by atoms with Gasteiger partial charge in [0.15, 0.2) is 6.10 Å². The first kappa shape index (κ1) is 15.2. The van der Waals surface area contributed by atoms with Gasteiger partial charge in [0.05, 0.1) is 12.0 Å². The highest BCUT2D eigenvalue weighted by atomic mass is 16.5. The number of rotatable bonds is 6. The van der Waals surface area contributed by atoms with Crippen LogP contribution in [-0.2, 0) is 9.53 Å². The van der Waals surface area contributed by atoms with E-state index in [1.54, 1.807) is 11.8 Å². The topological polar surface area (TPSA) is 53.3 Å². The van der Waals surface area contributed by atoms with Gasteiger partial charge in [-0.2, -0.15) is 5.26 Å². The Morgan fingerprint density at radius 2 is 2.05 bits per heavy atom. The van der Waals surface area contributed by atoms with Crippen molar-refractivity contribution in [1.82, 2.24) is 4.90 Å². The summed E-state index contributed by atoms with van der Waals surface area (Å²) in [7, 11) is 1.52. The van der Waals surface area contributed by atoms with Crippen LogP contribution in [-0.4, -0.2) is 31.0 Å². The van der Waals surface area contributed by atoms with Crippen molar-refractivity contribution in [2.45, 2.75) is 20.0 Å². The molecular formula is C15H20N2O2. The highest BCUT2D eigenvalue weighted by molar-refractivity contribution is 5.82. The standard InChI is InChI=1S/C15H20N2O2/c1-4-17(11-12(2)10-16)15(18)14(19-3)13-8-6-5-7-9-13/h5-9,12,14H,4,11H2,1-3H3. The number of carbonyl (C=O) groups excluding carboxylic acids is 1. The summed E-state index contributed by atoms with van der Waals surface area (Å²) in [5, 5.41) is 8.85. The van der Waals surface area contributed by atoms with Gasteiger partial charge in [0, 0.05) is 20.2 Å². The van der Waals surface area contributed by atoms with Gasteiger partial charge < -0.3 is 9.64 Å². The van der Waals surface area contributed by atoms with Crippen molar-refractivity contribution in [3.05, 3.63) is 35.9 Å². The van der Waals surface area contributed by atoms with Gasteiger partial charge in [0.2, 0.25) is 0 Å². The van der Waals surface area contributed by atoms with Gasteiger partial charge >= 0.3 is 0 Å². The Labute approximate surface area is 114 Å². The van der Waals surface area contributed by atoms with E-state index in [2.05, 4.69) is 6.07 Å². The van der Waals surface area contributed by atoms with E-state index < -0.39 is 6.10 Å². The van der Waals surface area contributed by atoms with Crippen LogP contribution in [0.4, 0.5) is 0 Å². The number of amides is 1. The van der Waals surface area contributed by atoms with Crippen molar-refractivity contribution in [1.29, 1.82) is 5.26 Å². The maximum absolute atomic E-state index is 12.4. The summed E-state index contributed by atoms with van der Waals surface area (Å²) in [4.78, 5) is 14.1. The van der Waals surface area contributed by atoms with Crippen LogP contribution in [0.15, 0.2) is 30.3 Å². The molecule has 19 heavy (non-hydrogen) atoms. The molecule has 0 aliphatic carbocycles. The predicted octanol–water partition coefficient (Wildman–Crippen LogP) is 2.38. The van der Waals surface area contributed by atoms with Crippen molar-refractivity contribution in [2.75, 3.05) is 20.2 Å². The summed E-state index contributed by atoms with van der Waals surface area (Å²) in [6, 6.07) is 11.5. The molecule has 0 N–H and O–H groups in total. The van der Waals surface area contributed by atoms with E-state index in [0.29, 0.717) is 13.1 Å². The first-order valence-electron chi connectivity index (χ1n) is 6.40. The molecule has 0 aliphatic rings. The Kier molecular flexibility index (Phi) is 6.04. The van der Waals surface area contributed by atoms with Crippen LogP contribution in [0.2, 0.25) is 0 Å². The lowest BCUT2D eigenvalue weighted by atomic mass is 10.1. The third-order valence-corrected chi connectivity index (χ3v) is 2.97. The molecule has 1 amide bonds. The quantitative estimate of drug-likeness (QED) is 0.789. The predicted molar refractivity (Wildman–Crippen MR) is 73.2 cm³/mol. The smallest absolute Gasteiger partial charge is 0.256 e. The third kappa shape index (κ3) is 4.08. The molecule has 4 heteroatoms. The first-order chi connectivity index (χ1) is 9.13. The molecule has 0 heterocycles. The summed E-state index contributed by atoms with van der Waals surface area (Å²) >= 11 is 0. The molecule has 1 aromatic rings. The van der Waals surface area contributed by atoms with Gasteiger partial charge in [0.1, 0.15) is 0 Å². The molecule has 2 unspecified atom stereocenters. The van der Waals surface area contributed by atoms with Crippen LogP contribution in [0.3, 0.4) is 0 Å². The zero-order valence-corrected chi connectivity index (χ0v) is 11.7.